The van der Waals surface area contributed by atoms with Crippen LogP contribution in [-0.4, -0.2) is 37.1 Å². The van der Waals surface area contributed by atoms with Gasteiger partial charge in [0, 0.05) is 18.6 Å². The quantitative estimate of drug-likeness (QED) is 0.819. The molecule has 4 atom stereocenters. The summed E-state index contributed by atoms with van der Waals surface area (Å²) < 4.78 is 0. The fourth-order valence-electron chi connectivity index (χ4n) is 4.63. The molecule has 2 aliphatic carbocycles. The first-order chi connectivity index (χ1) is 9.15. The van der Waals surface area contributed by atoms with Gasteiger partial charge in [0.1, 0.15) is 0 Å². The summed E-state index contributed by atoms with van der Waals surface area (Å²) in [5.74, 6) is 2.61. The topological polar surface area (TPSA) is 15.3 Å². The van der Waals surface area contributed by atoms with Crippen molar-refractivity contribution in [1.82, 2.24) is 10.2 Å². The van der Waals surface area contributed by atoms with Crippen LogP contribution in [0.3, 0.4) is 0 Å². The molecule has 0 aliphatic heterocycles. The molecule has 1 N–H and O–H groups in total. The van der Waals surface area contributed by atoms with Crippen molar-refractivity contribution in [2.75, 3.05) is 20.1 Å². The van der Waals surface area contributed by atoms with Crippen molar-refractivity contribution in [2.24, 2.45) is 17.8 Å². The second-order valence-corrected chi connectivity index (χ2v) is 7.14. The molecule has 0 aromatic carbocycles. The predicted octanol–water partition coefficient (Wildman–Crippen LogP) is 3.52. The van der Waals surface area contributed by atoms with Crippen LogP contribution in [0, 0.1) is 17.8 Å². The molecule has 112 valence electrons. The zero-order chi connectivity index (χ0) is 13.8. The molecule has 2 heteroatoms. The second-order valence-electron chi connectivity index (χ2n) is 7.14. The Kier molecular flexibility index (Phi) is 5.70. The van der Waals surface area contributed by atoms with Crippen LogP contribution in [0.1, 0.15) is 59.3 Å². The molecule has 0 heterocycles. The summed E-state index contributed by atoms with van der Waals surface area (Å²) in [5, 5.41) is 3.61. The van der Waals surface area contributed by atoms with E-state index in [2.05, 4.69) is 38.0 Å². The lowest BCUT2D eigenvalue weighted by molar-refractivity contribution is 0.0864. The molecule has 2 nitrogen and oxygen atoms in total. The summed E-state index contributed by atoms with van der Waals surface area (Å²) in [5.41, 5.74) is 0. The van der Waals surface area contributed by atoms with Crippen LogP contribution in [0.4, 0.5) is 0 Å². The zero-order valence-corrected chi connectivity index (χ0v) is 13.5. The summed E-state index contributed by atoms with van der Waals surface area (Å²) in [7, 11) is 2.16. The van der Waals surface area contributed by atoms with Gasteiger partial charge in [-0.2, -0.15) is 0 Å². The summed E-state index contributed by atoms with van der Waals surface area (Å²) in [6.07, 6.45) is 8.58. The molecular formula is C17H34N2. The molecule has 2 saturated carbocycles. The molecule has 0 amide bonds. The van der Waals surface area contributed by atoms with Crippen LogP contribution in [0.5, 0.6) is 0 Å². The fourth-order valence-corrected chi connectivity index (χ4v) is 4.63. The third kappa shape index (κ3) is 3.72. The first-order valence-corrected chi connectivity index (χ1v) is 8.57. The fraction of sp³-hybridized carbons (Fsp3) is 1.00. The highest BCUT2D eigenvalue weighted by atomic mass is 15.2. The van der Waals surface area contributed by atoms with Crippen LogP contribution in [-0.2, 0) is 0 Å². The highest BCUT2D eigenvalue weighted by Crippen LogP contribution is 2.35. The lowest BCUT2D eigenvalue weighted by atomic mass is 9.72. The number of hydrogen-bond donors (Lipinski definition) is 1. The minimum atomic E-state index is 0.731. The molecule has 4 unspecified atom stereocenters. The Morgan fingerprint density at radius 1 is 1.11 bits per heavy atom. The molecule has 0 radical (unpaired) electrons. The van der Waals surface area contributed by atoms with E-state index in [1.807, 2.05) is 0 Å². The molecule has 0 saturated heterocycles. The standard InChI is InChI=1S/C17H34N2/c1-5-19(15-8-6-7-9-15)12-16-14(3)10-13(2)11-17(16)18-4/h13-18H,5-12H2,1-4H3. The maximum absolute atomic E-state index is 3.61. The highest BCUT2D eigenvalue weighted by Gasteiger charge is 2.35. The first-order valence-electron chi connectivity index (χ1n) is 8.57. The van der Waals surface area contributed by atoms with Gasteiger partial charge in [-0.1, -0.05) is 33.6 Å². The molecular weight excluding hydrogens is 232 g/mol. The minimum absolute atomic E-state index is 0.731. The van der Waals surface area contributed by atoms with Crippen molar-refractivity contribution >= 4 is 0 Å². The molecule has 0 aromatic rings. The summed E-state index contributed by atoms with van der Waals surface area (Å²) in [4.78, 5) is 2.79. The predicted molar refractivity (Wildman–Crippen MR) is 83.4 cm³/mol. The molecule has 2 fully saturated rings. The van der Waals surface area contributed by atoms with Crippen molar-refractivity contribution < 1.29 is 0 Å². The number of hydrogen-bond acceptors (Lipinski definition) is 2. The average Bonchev–Trinajstić information content (AvgIpc) is 2.91. The zero-order valence-electron chi connectivity index (χ0n) is 13.5. The van der Waals surface area contributed by atoms with Gasteiger partial charge < -0.3 is 10.2 Å². The highest BCUT2D eigenvalue weighted by molar-refractivity contribution is 4.90. The Hall–Kier alpha value is -0.0800. The number of rotatable bonds is 5. The van der Waals surface area contributed by atoms with Gasteiger partial charge in [-0.3, -0.25) is 0 Å². The van der Waals surface area contributed by atoms with Gasteiger partial charge >= 0.3 is 0 Å². The summed E-state index contributed by atoms with van der Waals surface area (Å²) in [6.45, 7) is 9.81. The van der Waals surface area contributed by atoms with Crippen molar-refractivity contribution in [3.63, 3.8) is 0 Å². The van der Waals surface area contributed by atoms with E-state index in [4.69, 9.17) is 0 Å². The van der Waals surface area contributed by atoms with E-state index >= 15 is 0 Å². The Morgan fingerprint density at radius 3 is 2.37 bits per heavy atom. The van der Waals surface area contributed by atoms with Gasteiger partial charge in [0.25, 0.3) is 0 Å². The summed E-state index contributed by atoms with van der Waals surface area (Å²) >= 11 is 0. The monoisotopic (exact) mass is 266 g/mol. The lowest BCUT2D eigenvalue weighted by Crippen LogP contribution is -2.49. The largest absolute Gasteiger partial charge is 0.317 e. The molecule has 2 aliphatic rings. The van der Waals surface area contributed by atoms with Crippen LogP contribution in [0.2, 0.25) is 0 Å². The maximum atomic E-state index is 3.61. The first kappa shape index (κ1) is 15.3. The maximum Gasteiger partial charge on any atom is 0.0110 e. The van der Waals surface area contributed by atoms with Crippen LogP contribution in [0.25, 0.3) is 0 Å². The third-order valence-electron chi connectivity index (χ3n) is 5.74. The van der Waals surface area contributed by atoms with Gasteiger partial charge in [-0.15, -0.1) is 0 Å². The Labute approximate surface area is 120 Å². The number of nitrogens with zero attached hydrogens (tertiary/aromatic N) is 1. The van der Waals surface area contributed by atoms with E-state index in [0.717, 1.165) is 29.8 Å². The molecule has 0 aromatic heterocycles. The second kappa shape index (κ2) is 7.08. The van der Waals surface area contributed by atoms with E-state index in [9.17, 15) is 0 Å². The van der Waals surface area contributed by atoms with E-state index in [-0.39, 0.29) is 0 Å². The molecule has 0 spiro atoms. The van der Waals surface area contributed by atoms with E-state index < -0.39 is 0 Å². The molecule has 2 rings (SSSR count). The number of nitrogens with one attached hydrogen (secondary N) is 1. The van der Waals surface area contributed by atoms with E-state index in [1.54, 1.807) is 0 Å². The van der Waals surface area contributed by atoms with Gasteiger partial charge in [0.15, 0.2) is 0 Å². The van der Waals surface area contributed by atoms with Gasteiger partial charge in [-0.25, -0.2) is 0 Å². The Bertz CT molecular complexity index is 260. The van der Waals surface area contributed by atoms with E-state index in [1.165, 1.54) is 51.6 Å². The summed E-state index contributed by atoms with van der Waals surface area (Å²) in [6, 6.07) is 1.61. The van der Waals surface area contributed by atoms with Crippen molar-refractivity contribution in [2.45, 2.75) is 71.4 Å². The SMILES string of the molecule is CCN(CC1C(C)CC(C)CC1NC)C1CCCC1. The molecule has 19 heavy (non-hydrogen) atoms. The van der Waals surface area contributed by atoms with Gasteiger partial charge in [0.2, 0.25) is 0 Å². The van der Waals surface area contributed by atoms with Gasteiger partial charge in [0.05, 0.1) is 0 Å². The Balaban J connectivity index is 1.97. The van der Waals surface area contributed by atoms with Crippen molar-refractivity contribution in [1.29, 1.82) is 0 Å². The smallest absolute Gasteiger partial charge is 0.0110 e. The van der Waals surface area contributed by atoms with E-state index in [0.29, 0.717) is 0 Å². The third-order valence-corrected chi connectivity index (χ3v) is 5.74. The average molecular weight is 266 g/mol. The van der Waals surface area contributed by atoms with Crippen LogP contribution in [0.15, 0.2) is 0 Å². The van der Waals surface area contributed by atoms with Crippen molar-refractivity contribution in [3.8, 4) is 0 Å². The Morgan fingerprint density at radius 2 is 1.79 bits per heavy atom. The van der Waals surface area contributed by atoms with Crippen LogP contribution >= 0.6 is 0 Å². The van der Waals surface area contributed by atoms with Crippen LogP contribution < -0.4 is 5.32 Å². The normalized spacial score (nSPS) is 37.1. The lowest BCUT2D eigenvalue weighted by Gasteiger charge is -2.43. The molecule has 0 bridgehead atoms. The van der Waals surface area contributed by atoms with Crippen molar-refractivity contribution in [3.05, 3.63) is 0 Å². The minimum Gasteiger partial charge on any atom is -0.317 e. The van der Waals surface area contributed by atoms with Gasteiger partial charge in [-0.05, 0) is 57.0 Å².